The Kier molecular flexibility index (Phi) is 3.56. The topological polar surface area (TPSA) is 75.4 Å². The number of urea groups is 1. The Morgan fingerprint density at radius 1 is 1.20 bits per heavy atom. The molecule has 1 heterocycles. The molecule has 3 amide bonds. The first-order valence-electron chi connectivity index (χ1n) is 6.90. The molecule has 1 aliphatic rings. The molecule has 1 saturated heterocycles. The average Bonchev–Trinajstić information content (AvgIpc) is 2.71. The van der Waals surface area contributed by atoms with Crippen molar-refractivity contribution in [3.05, 3.63) is 35.9 Å². The Labute approximate surface area is 119 Å². The zero-order valence-corrected chi connectivity index (χ0v) is 12.1. The molecule has 20 heavy (non-hydrogen) atoms. The molecule has 2 rings (SSSR count). The zero-order valence-electron chi connectivity index (χ0n) is 12.1. The first kappa shape index (κ1) is 14.5. The van der Waals surface area contributed by atoms with E-state index in [9.17, 15) is 9.59 Å². The van der Waals surface area contributed by atoms with Crippen LogP contribution in [-0.2, 0) is 10.3 Å². The van der Waals surface area contributed by atoms with Crippen molar-refractivity contribution in [3.63, 3.8) is 0 Å². The predicted molar refractivity (Wildman–Crippen MR) is 76.7 cm³/mol. The fraction of sp³-hybridized carbons (Fsp3) is 0.467. The van der Waals surface area contributed by atoms with Crippen molar-refractivity contribution in [2.45, 2.75) is 44.8 Å². The van der Waals surface area contributed by atoms with Gasteiger partial charge in [-0.3, -0.25) is 4.79 Å². The van der Waals surface area contributed by atoms with Gasteiger partial charge in [0.25, 0.3) is 5.91 Å². The summed E-state index contributed by atoms with van der Waals surface area (Å²) in [6, 6.07) is 8.80. The lowest BCUT2D eigenvalue weighted by Gasteiger charge is -2.35. The van der Waals surface area contributed by atoms with Crippen molar-refractivity contribution in [1.29, 1.82) is 0 Å². The number of carbonyl (C=O) groups excluding carboxylic acids is 2. The molecule has 0 aromatic heterocycles. The van der Waals surface area contributed by atoms with Crippen molar-refractivity contribution in [1.82, 2.24) is 10.2 Å². The third-order valence-electron chi connectivity index (χ3n) is 4.21. The third kappa shape index (κ3) is 1.98. The van der Waals surface area contributed by atoms with Crippen LogP contribution in [0.1, 0.15) is 39.2 Å². The lowest BCUT2D eigenvalue weighted by Crippen LogP contribution is -2.58. The van der Waals surface area contributed by atoms with Gasteiger partial charge in [0, 0.05) is 0 Å². The van der Waals surface area contributed by atoms with Gasteiger partial charge in [0.05, 0.1) is 0 Å². The van der Waals surface area contributed by atoms with E-state index in [1.165, 1.54) is 4.90 Å². The molecule has 1 atom stereocenters. The zero-order chi connectivity index (χ0) is 15.0. The second kappa shape index (κ2) is 4.90. The summed E-state index contributed by atoms with van der Waals surface area (Å²) in [6.45, 7) is 5.47. The summed E-state index contributed by atoms with van der Waals surface area (Å²) in [7, 11) is 0. The Bertz CT molecular complexity index is 525. The summed E-state index contributed by atoms with van der Waals surface area (Å²) in [4.78, 5) is 26.2. The van der Waals surface area contributed by atoms with Crippen LogP contribution in [0.4, 0.5) is 4.79 Å². The maximum absolute atomic E-state index is 12.8. The molecule has 108 valence electrons. The van der Waals surface area contributed by atoms with Crippen molar-refractivity contribution < 1.29 is 9.59 Å². The minimum Gasteiger partial charge on any atom is -0.319 e. The van der Waals surface area contributed by atoms with Crippen LogP contribution >= 0.6 is 0 Å². The van der Waals surface area contributed by atoms with Crippen molar-refractivity contribution >= 4 is 11.9 Å². The van der Waals surface area contributed by atoms with E-state index in [1.54, 1.807) is 6.92 Å². The van der Waals surface area contributed by atoms with Gasteiger partial charge >= 0.3 is 6.03 Å². The number of nitrogens with one attached hydrogen (secondary N) is 1. The number of imide groups is 1. The number of hydrogen-bond donors (Lipinski definition) is 2. The summed E-state index contributed by atoms with van der Waals surface area (Å²) in [5, 5.41) is 2.78. The first-order chi connectivity index (χ1) is 9.39. The first-order valence-corrected chi connectivity index (χ1v) is 6.90. The fourth-order valence-corrected chi connectivity index (χ4v) is 2.58. The number of amides is 3. The number of hydrogen-bond acceptors (Lipinski definition) is 3. The fourth-order valence-electron chi connectivity index (χ4n) is 2.58. The van der Waals surface area contributed by atoms with Crippen LogP contribution in [0.2, 0.25) is 0 Å². The van der Waals surface area contributed by atoms with Crippen molar-refractivity contribution in [3.8, 4) is 0 Å². The Hall–Kier alpha value is -1.88. The maximum atomic E-state index is 12.8. The van der Waals surface area contributed by atoms with E-state index in [0.29, 0.717) is 12.8 Å². The summed E-state index contributed by atoms with van der Waals surface area (Å²) < 4.78 is 0. The normalized spacial score (nSPS) is 23.1. The number of carbonyl (C=O) groups is 2. The molecular weight excluding hydrogens is 254 g/mol. The molecule has 0 bridgehead atoms. The van der Waals surface area contributed by atoms with Gasteiger partial charge in [-0.2, -0.15) is 0 Å². The maximum Gasteiger partial charge on any atom is 0.326 e. The molecule has 1 aromatic rings. The van der Waals surface area contributed by atoms with Gasteiger partial charge in [0.2, 0.25) is 0 Å². The van der Waals surface area contributed by atoms with Crippen LogP contribution < -0.4 is 11.1 Å². The highest BCUT2D eigenvalue weighted by Gasteiger charge is 2.54. The van der Waals surface area contributed by atoms with Gasteiger partial charge in [0.15, 0.2) is 0 Å². The number of benzene rings is 1. The van der Waals surface area contributed by atoms with E-state index in [4.69, 9.17) is 5.73 Å². The molecule has 1 unspecified atom stereocenters. The van der Waals surface area contributed by atoms with Crippen LogP contribution in [0.5, 0.6) is 0 Å². The van der Waals surface area contributed by atoms with Gasteiger partial charge in [-0.1, -0.05) is 44.2 Å². The number of nitrogens with two attached hydrogens (primary N) is 1. The SMILES string of the molecule is CCC(N)(CC)N1C(=O)NC(C)(c2ccccc2)C1=O. The molecule has 3 N–H and O–H groups in total. The summed E-state index contributed by atoms with van der Waals surface area (Å²) in [6.07, 6.45) is 1.04. The lowest BCUT2D eigenvalue weighted by molar-refractivity contribution is -0.135. The van der Waals surface area contributed by atoms with Gasteiger partial charge in [-0.15, -0.1) is 0 Å². The van der Waals surface area contributed by atoms with Crippen LogP contribution in [0.25, 0.3) is 0 Å². The van der Waals surface area contributed by atoms with E-state index >= 15 is 0 Å². The number of rotatable bonds is 4. The average molecular weight is 275 g/mol. The molecule has 0 saturated carbocycles. The predicted octanol–water partition coefficient (Wildman–Crippen LogP) is 1.93. The summed E-state index contributed by atoms with van der Waals surface area (Å²) >= 11 is 0. The van der Waals surface area contributed by atoms with Gasteiger partial charge in [0.1, 0.15) is 11.2 Å². The molecule has 0 radical (unpaired) electrons. The van der Waals surface area contributed by atoms with Crippen molar-refractivity contribution in [2.24, 2.45) is 5.73 Å². The standard InChI is InChI=1S/C15H21N3O2/c1-4-15(16,5-2)18-12(19)14(3,17-13(18)20)11-9-7-6-8-10-11/h6-10H,4-5,16H2,1-3H3,(H,17,20). The highest BCUT2D eigenvalue weighted by molar-refractivity contribution is 6.07. The van der Waals surface area contributed by atoms with Gasteiger partial charge < -0.3 is 11.1 Å². The smallest absolute Gasteiger partial charge is 0.319 e. The second-order valence-corrected chi connectivity index (χ2v) is 5.37. The van der Waals surface area contributed by atoms with E-state index in [1.807, 2.05) is 44.2 Å². The minimum atomic E-state index is -1.05. The Morgan fingerprint density at radius 2 is 1.75 bits per heavy atom. The molecule has 1 fully saturated rings. The van der Waals surface area contributed by atoms with Crippen LogP contribution in [0, 0.1) is 0 Å². The van der Waals surface area contributed by atoms with Crippen LogP contribution in [0.3, 0.4) is 0 Å². The molecule has 0 aliphatic carbocycles. The van der Waals surface area contributed by atoms with E-state index in [-0.39, 0.29) is 5.91 Å². The van der Waals surface area contributed by atoms with Gasteiger partial charge in [-0.05, 0) is 25.3 Å². The monoisotopic (exact) mass is 275 g/mol. The van der Waals surface area contributed by atoms with Crippen LogP contribution in [0.15, 0.2) is 30.3 Å². The van der Waals surface area contributed by atoms with Crippen LogP contribution in [-0.4, -0.2) is 22.5 Å². The molecule has 1 aliphatic heterocycles. The molecule has 5 heteroatoms. The minimum absolute atomic E-state index is 0.292. The van der Waals surface area contributed by atoms with Gasteiger partial charge in [-0.25, -0.2) is 9.69 Å². The number of nitrogens with zero attached hydrogens (tertiary/aromatic N) is 1. The molecule has 1 aromatic carbocycles. The van der Waals surface area contributed by atoms with Crippen molar-refractivity contribution in [2.75, 3.05) is 0 Å². The Balaban J connectivity index is 2.44. The lowest BCUT2D eigenvalue weighted by atomic mass is 9.91. The molecule has 5 nitrogen and oxygen atoms in total. The van der Waals surface area contributed by atoms with E-state index in [0.717, 1.165) is 5.56 Å². The third-order valence-corrected chi connectivity index (χ3v) is 4.21. The second-order valence-electron chi connectivity index (χ2n) is 5.37. The molecular formula is C15H21N3O2. The molecule has 0 spiro atoms. The Morgan fingerprint density at radius 3 is 2.25 bits per heavy atom. The summed E-state index contributed by atoms with van der Waals surface area (Å²) in [5.74, 6) is -0.292. The largest absolute Gasteiger partial charge is 0.326 e. The van der Waals surface area contributed by atoms with E-state index < -0.39 is 17.2 Å². The summed E-state index contributed by atoms with van der Waals surface area (Å²) in [5.41, 5.74) is 5.00. The highest BCUT2D eigenvalue weighted by atomic mass is 16.2. The highest BCUT2D eigenvalue weighted by Crippen LogP contribution is 2.33. The quantitative estimate of drug-likeness (QED) is 0.824. The van der Waals surface area contributed by atoms with E-state index in [2.05, 4.69) is 5.32 Å².